The minimum Gasteiger partial charge on any atom is -0.461 e. The van der Waals surface area contributed by atoms with Crippen molar-refractivity contribution in [3.05, 3.63) is 35.3 Å². The van der Waals surface area contributed by atoms with Gasteiger partial charge in [-0.15, -0.1) is 0 Å². The lowest BCUT2D eigenvalue weighted by Crippen LogP contribution is -2.44. The van der Waals surface area contributed by atoms with E-state index in [2.05, 4.69) is 15.1 Å². The highest BCUT2D eigenvalue weighted by atomic mass is 19.4. The normalized spacial score (nSPS) is 25.6. The Bertz CT molecular complexity index is 2230. The molecule has 16 heteroatoms. The van der Waals surface area contributed by atoms with Crippen LogP contribution in [0.25, 0.3) is 44.2 Å². The minimum atomic E-state index is -4.67. The summed E-state index contributed by atoms with van der Waals surface area (Å²) in [5, 5.41) is 24.1. The maximum Gasteiger partial charge on any atom is 0.417 e. The minimum absolute atomic E-state index is 0.0160. The number of aryl methyl sites for hydroxylation is 2. The summed E-state index contributed by atoms with van der Waals surface area (Å²) in [6, 6.07) is 1.55. The maximum absolute atomic E-state index is 15.0. The quantitative estimate of drug-likeness (QED) is 0.218. The van der Waals surface area contributed by atoms with Crippen LogP contribution in [0.1, 0.15) is 56.2 Å². The first-order chi connectivity index (χ1) is 24.4. The second kappa shape index (κ2) is 11.4. The molecule has 2 atom stereocenters. The SMILES string of the molecule is Cc1cc2[nH]ncc2c(-c2nn(C3CC3)c3c4c(N5CCOC[C@@](C)(O)C5)nc(OC[C@@]56CCCN5C/C(=C\F)C6)nc4n(C)c23)c1C(F)(F)F. The van der Waals surface area contributed by atoms with Gasteiger partial charge in [0.05, 0.1) is 65.8 Å². The van der Waals surface area contributed by atoms with Crippen LogP contribution in [-0.4, -0.2) is 102 Å². The van der Waals surface area contributed by atoms with Crippen LogP contribution in [0.2, 0.25) is 0 Å². The number of alkyl halides is 3. The number of β-amino-alcohol motifs (C(OH)–C–C–N with tert-alkyl or cyclic N) is 1. The number of aromatic nitrogens is 7. The third-order valence-corrected chi connectivity index (χ3v) is 11.0. The summed E-state index contributed by atoms with van der Waals surface area (Å²) in [5.74, 6) is 0.477. The molecular formula is C35H39F4N9O3. The monoisotopic (exact) mass is 709 g/mol. The van der Waals surface area contributed by atoms with Crippen LogP contribution in [-0.2, 0) is 18.0 Å². The van der Waals surface area contributed by atoms with Crippen LogP contribution < -0.4 is 9.64 Å². The summed E-state index contributed by atoms with van der Waals surface area (Å²) in [6.45, 7) is 5.85. The Balaban J connectivity index is 1.29. The number of aromatic amines is 1. The molecular weight excluding hydrogens is 670 g/mol. The fraction of sp³-hybridized carbons (Fsp3) is 0.543. The molecule has 4 aliphatic rings. The number of ether oxygens (including phenoxy) is 2. The van der Waals surface area contributed by atoms with Gasteiger partial charge in [0.1, 0.15) is 29.2 Å². The molecule has 270 valence electrons. The van der Waals surface area contributed by atoms with Crippen molar-refractivity contribution in [3.8, 4) is 17.3 Å². The number of hydrogen-bond donors (Lipinski definition) is 2. The molecule has 51 heavy (non-hydrogen) atoms. The third kappa shape index (κ3) is 5.19. The lowest BCUT2D eigenvalue weighted by atomic mass is 9.94. The zero-order chi connectivity index (χ0) is 35.4. The maximum atomic E-state index is 15.0. The fourth-order valence-corrected chi connectivity index (χ4v) is 8.67. The highest BCUT2D eigenvalue weighted by molar-refractivity contribution is 6.16. The molecule has 12 nitrogen and oxygen atoms in total. The van der Waals surface area contributed by atoms with E-state index >= 15 is 0 Å². The average Bonchev–Trinajstić information content (AvgIpc) is 3.32. The Kier molecular flexibility index (Phi) is 7.26. The van der Waals surface area contributed by atoms with E-state index in [1.54, 1.807) is 18.5 Å². The summed E-state index contributed by atoms with van der Waals surface area (Å²) in [4.78, 5) is 14.1. The number of benzene rings is 1. The molecule has 5 aromatic rings. The number of hydrogen-bond acceptors (Lipinski definition) is 9. The standard InChI is InChI=1S/C35H39F4N9O3/c1-19-11-23-22(14-40-43-23)24(26(19)35(37,38)39)27-29-28(48(44-27)21-5-6-21)25-30(45(29)3)41-32(42-31(25)46-9-10-50-17-33(2,49)16-46)51-18-34-7-4-8-47(34)15-20(12-34)13-36/h11,13-14,21,49H,4-10,12,15-18H2,1-3H3,(H,40,43)/b20-13-/t33-,34-/m0/s1. The first-order valence-corrected chi connectivity index (χ1v) is 17.4. The molecule has 1 aromatic carbocycles. The Labute approximate surface area is 290 Å². The lowest BCUT2D eigenvalue weighted by Gasteiger charge is -2.31. The first kappa shape index (κ1) is 32.6. The van der Waals surface area contributed by atoms with E-state index in [4.69, 9.17) is 24.5 Å². The van der Waals surface area contributed by atoms with Gasteiger partial charge in [0.2, 0.25) is 0 Å². The summed E-state index contributed by atoms with van der Waals surface area (Å²) < 4.78 is 74.3. The zero-order valence-corrected chi connectivity index (χ0v) is 28.6. The number of nitrogens with zero attached hydrogens (tertiary/aromatic N) is 8. The van der Waals surface area contributed by atoms with Gasteiger partial charge < -0.3 is 24.0 Å². The predicted molar refractivity (Wildman–Crippen MR) is 181 cm³/mol. The van der Waals surface area contributed by atoms with Crippen molar-refractivity contribution in [2.24, 2.45) is 7.05 Å². The molecule has 4 fully saturated rings. The molecule has 4 aromatic heterocycles. The highest BCUT2D eigenvalue weighted by Crippen LogP contribution is 2.49. The smallest absolute Gasteiger partial charge is 0.417 e. The molecule has 3 saturated heterocycles. The Morgan fingerprint density at radius 3 is 2.78 bits per heavy atom. The molecule has 9 rings (SSSR count). The number of nitrogens with one attached hydrogen (secondary N) is 1. The highest BCUT2D eigenvalue weighted by Gasteiger charge is 2.47. The van der Waals surface area contributed by atoms with Gasteiger partial charge in [-0.05, 0) is 69.7 Å². The van der Waals surface area contributed by atoms with E-state index in [9.17, 15) is 22.7 Å². The second-order valence-electron chi connectivity index (χ2n) is 15.0. The van der Waals surface area contributed by atoms with E-state index in [0.717, 1.165) is 37.8 Å². The summed E-state index contributed by atoms with van der Waals surface area (Å²) in [5.41, 5.74) is 0.622. The van der Waals surface area contributed by atoms with E-state index in [1.807, 2.05) is 9.58 Å². The Morgan fingerprint density at radius 1 is 1.20 bits per heavy atom. The topological polar surface area (TPSA) is 122 Å². The van der Waals surface area contributed by atoms with Gasteiger partial charge in [-0.2, -0.15) is 33.3 Å². The number of halogens is 4. The largest absolute Gasteiger partial charge is 0.461 e. The predicted octanol–water partition coefficient (Wildman–Crippen LogP) is 5.58. The van der Waals surface area contributed by atoms with Crippen LogP contribution in [0, 0.1) is 6.92 Å². The Hall–Kier alpha value is -4.28. The molecule has 0 radical (unpaired) electrons. The van der Waals surface area contributed by atoms with Crippen LogP contribution >= 0.6 is 0 Å². The Morgan fingerprint density at radius 2 is 2.02 bits per heavy atom. The van der Waals surface area contributed by atoms with Crippen molar-refractivity contribution in [1.82, 2.24) is 39.4 Å². The molecule has 0 unspecified atom stereocenters. The third-order valence-electron chi connectivity index (χ3n) is 11.0. The van der Waals surface area contributed by atoms with Gasteiger partial charge in [0.15, 0.2) is 5.65 Å². The first-order valence-electron chi connectivity index (χ1n) is 17.4. The van der Waals surface area contributed by atoms with Gasteiger partial charge in [-0.3, -0.25) is 14.7 Å². The molecule has 0 bridgehead atoms. The molecule has 1 aliphatic carbocycles. The zero-order valence-electron chi connectivity index (χ0n) is 28.6. The van der Waals surface area contributed by atoms with E-state index in [0.29, 0.717) is 71.2 Å². The summed E-state index contributed by atoms with van der Waals surface area (Å²) >= 11 is 0. The van der Waals surface area contributed by atoms with E-state index in [1.165, 1.54) is 19.2 Å². The molecule has 0 amide bonds. The number of aliphatic hydroxyl groups is 1. The molecule has 0 spiro atoms. The summed E-state index contributed by atoms with van der Waals surface area (Å²) in [7, 11) is 1.78. The number of rotatable bonds is 6. The lowest BCUT2D eigenvalue weighted by molar-refractivity contribution is -0.137. The van der Waals surface area contributed by atoms with Crippen LogP contribution in [0.3, 0.4) is 0 Å². The molecule has 1 saturated carbocycles. The van der Waals surface area contributed by atoms with Crippen LogP contribution in [0.4, 0.5) is 23.4 Å². The number of H-pyrrole nitrogens is 1. The molecule has 3 aliphatic heterocycles. The van der Waals surface area contributed by atoms with Gasteiger partial charge in [0, 0.05) is 31.1 Å². The van der Waals surface area contributed by atoms with E-state index < -0.39 is 17.3 Å². The van der Waals surface area contributed by atoms with Crippen molar-refractivity contribution >= 4 is 38.8 Å². The van der Waals surface area contributed by atoms with Crippen molar-refractivity contribution in [2.75, 3.05) is 50.9 Å². The number of anilines is 1. The van der Waals surface area contributed by atoms with Crippen LogP contribution in [0.5, 0.6) is 6.01 Å². The molecule has 7 heterocycles. The van der Waals surface area contributed by atoms with Gasteiger partial charge in [0.25, 0.3) is 0 Å². The van der Waals surface area contributed by atoms with Crippen molar-refractivity contribution in [2.45, 2.75) is 69.3 Å². The van der Waals surface area contributed by atoms with E-state index in [-0.39, 0.29) is 54.2 Å². The van der Waals surface area contributed by atoms with Gasteiger partial charge in [-0.25, -0.2) is 4.39 Å². The van der Waals surface area contributed by atoms with Crippen LogP contribution in [0.15, 0.2) is 24.2 Å². The van der Waals surface area contributed by atoms with Gasteiger partial charge >= 0.3 is 12.2 Å². The van der Waals surface area contributed by atoms with Crippen molar-refractivity contribution < 1.29 is 32.1 Å². The van der Waals surface area contributed by atoms with Crippen molar-refractivity contribution in [3.63, 3.8) is 0 Å². The number of fused-ring (bicyclic) bond motifs is 5. The second-order valence-corrected chi connectivity index (χ2v) is 15.0. The summed E-state index contributed by atoms with van der Waals surface area (Å²) in [6.07, 6.45) is 1.47. The van der Waals surface area contributed by atoms with Gasteiger partial charge in [-0.1, -0.05) is 0 Å². The fourth-order valence-electron chi connectivity index (χ4n) is 8.67. The molecule has 2 N–H and O–H groups in total. The average molecular weight is 710 g/mol. The van der Waals surface area contributed by atoms with Crippen molar-refractivity contribution in [1.29, 1.82) is 0 Å².